The molecule has 0 spiro atoms. The Balaban J connectivity index is 2.65. The molecule has 1 unspecified atom stereocenters. The van der Waals surface area contributed by atoms with Crippen LogP contribution >= 0.6 is 0 Å². The second-order valence-corrected chi connectivity index (χ2v) is 5.79. The third-order valence-corrected chi connectivity index (χ3v) is 2.75. The molecular weight excluding hydrogens is 298 g/mol. The van der Waals surface area contributed by atoms with E-state index in [2.05, 4.69) is 15.4 Å². The molecule has 0 saturated carbocycles. The zero-order valence-electron chi connectivity index (χ0n) is 13.7. The van der Waals surface area contributed by atoms with Gasteiger partial charge in [0.1, 0.15) is 0 Å². The number of esters is 1. The van der Waals surface area contributed by atoms with Crippen LogP contribution in [0.5, 0.6) is 0 Å². The molecule has 0 fully saturated rings. The first kappa shape index (κ1) is 18.5. The minimum Gasteiger partial charge on any atom is -0.467 e. The number of nitrogens with one attached hydrogen (secondary N) is 2. The van der Waals surface area contributed by atoms with Crippen molar-refractivity contribution in [3.63, 3.8) is 0 Å². The highest BCUT2D eigenvalue weighted by atomic mass is 16.5. The van der Waals surface area contributed by atoms with Crippen LogP contribution in [0.2, 0.25) is 0 Å². The van der Waals surface area contributed by atoms with Gasteiger partial charge in [0.05, 0.1) is 31.0 Å². The van der Waals surface area contributed by atoms with Crippen LogP contribution in [-0.2, 0) is 14.3 Å². The Morgan fingerprint density at radius 3 is 2.35 bits per heavy atom. The second-order valence-electron chi connectivity index (χ2n) is 5.79. The number of benzene rings is 1. The number of urea groups is 1. The number of nitrogens with zero attached hydrogens (tertiary/aromatic N) is 1. The number of hydrogen-bond acceptors (Lipinski definition) is 5. The number of methoxy groups -OCH3 is 1. The summed E-state index contributed by atoms with van der Waals surface area (Å²) in [6, 6.07) is 6.85. The second kappa shape index (κ2) is 8.15. The van der Waals surface area contributed by atoms with Crippen LogP contribution in [0.15, 0.2) is 24.3 Å². The van der Waals surface area contributed by atoms with Gasteiger partial charge in [0.25, 0.3) is 0 Å². The summed E-state index contributed by atoms with van der Waals surface area (Å²) in [6.45, 7) is 5.53. The van der Waals surface area contributed by atoms with Crippen LogP contribution in [0, 0.1) is 11.3 Å². The quantitative estimate of drug-likeness (QED) is 0.809. The highest BCUT2D eigenvalue weighted by Crippen LogP contribution is 2.10. The molecule has 0 aliphatic rings. The molecule has 7 nitrogen and oxygen atoms in total. The Kier molecular flexibility index (Phi) is 6.54. The summed E-state index contributed by atoms with van der Waals surface area (Å²) < 4.78 is 10.2. The maximum Gasteiger partial charge on any atom is 0.330 e. The highest BCUT2D eigenvalue weighted by Gasteiger charge is 2.24. The zero-order valence-corrected chi connectivity index (χ0v) is 13.7. The summed E-state index contributed by atoms with van der Waals surface area (Å²) in [4.78, 5) is 23.7. The SMILES string of the molecule is COC(=O)C(COC(C)(C)C)NC(=O)Nc1ccc(C#N)cc1. The Morgan fingerprint density at radius 2 is 1.87 bits per heavy atom. The molecule has 0 aliphatic carbocycles. The van der Waals surface area contributed by atoms with Gasteiger partial charge in [-0.25, -0.2) is 9.59 Å². The molecule has 0 saturated heterocycles. The lowest BCUT2D eigenvalue weighted by Crippen LogP contribution is -2.47. The van der Waals surface area contributed by atoms with E-state index in [1.807, 2.05) is 26.8 Å². The Labute approximate surface area is 135 Å². The molecule has 0 radical (unpaired) electrons. The van der Waals surface area contributed by atoms with Gasteiger partial charge >= 0.3 is 12.0 Å². The minimum absolute atomic E-state index is 0.00301. The lowest BCUT2D eigenvalue weighted by molar-refractivity contribution is -0.145. The number of ether oxygens (including phenoxy) is 2. The van der Waals surface area contributed by atoms with E-state index >= 15 is 0 Å². The van der Waals surface area contributed by atoms with Crippen LogP contribution in [0.25, 0.3) is 0 Å². The lowest BCUT2D eigenvalue weighted by Gasteiger charge is -2.23. The van der Waals surface area contributed by atoms with Gasteiger partial charge in [-0.2, -0.15) is 5.26 Å². The average molecular weight is 319 g/mol. The van der Waals surface area contributed by atoms with E-state index in [-0.39, 0.29) is 6.61 Å². The molecule has 1 aromatic carbocycles. The molecule has 2 amide bonds. The number of amides is 2. The average Bonchev–Trinajstić information content (AvgIpc) is 2.50. The molecule has 2 N–H and O–H groups in total. The van der Waals surface area contributed by atoms with Crippen LogP contribution in [-0.4, -0.2) is 37.4 Å². The lowest BCUT2D eigenvalue weighted by atomic mass is 10.2. The van der Waals surface area contributed by atoms with Crippen LogP contribution < -0.4 is 10.6 Å². The number of hydrogen-bond donors (Lipinski definition) is 2. The summed E-state index contributed by atoms with van der Waals surface area (Å²) in [7, 11) is 1.24. The van der Waals surface area contributed by atoms with Crippen LogP contribution in [0.4, 0.5) is 10.5 Å². The number of carbonyl (C=O) groups is 2. The number of rotatable bonds is 5. The summed E-state index contributed by atoms with van der Waals surface area (Å²) in [5.74, 6) is -0.593. The summed E-state index contributed by atoms with van der Waals surface area (Å²) >= 11 is 0. The molecule has 0 aliphatic heterocycles. The molecule has 1 aromatic rings. The van der Waals surface area contributed by atoms with Crippen molar-refractivity contribution in [3.8, 4) is 6.07 Å². The predicted molar refractivity (Wildman–Crippen MR) is 84.8 cm³/mol. The van der Waals surface area contributed by atoms with Gasteiger partial charge in [-0.3, -0.25) is 0 Å². The Morgan fingerprint density at radius 1 is 1.26 bits per heavy atom. The van der Waals surface area contributed by atoms with Crippen molar-refractivity contribution >= 4 is 17.7 Å². The fraction of sp³-hybridized carbons (Fsp3) is 0.438. The third kappa shape index (κ3) is 6.80. The third-order valence-electron chi connectivity index (χ3n) is 2.75. The van der Waals surface area contributed by atoms with Crippen molar-refractivity contribution in [1.29, 1.82) is 5.26 Å². The first-order chi connectivity index (χ1) is 10.7. The van der Waals surface area contributed by atoms with E-state index in [0.29, 0.717) is 11.3 Å². The predicted octanol–water partition coefficient (Wildman–Crippen LogP) is 2.04. The van der Waals surface area contributed by atoms with Crippen LogP contribution in [0.3, 0.4) is 0 Å². The van der Waals surface area contributed by atoms with Crippen molar-refractivity contribution < 1.29 is 19.1 Å². The number of anilines is 1. The van der Waals surface area contributed by atoms with Gasteiger partial charge in [-0.1, -0.05) is 0 Å². The highest BCUT2D eigenvalue weighted by molar-refractivity contribution is 5.92. The first-order valence-electron chi connectivity index (χ1n) is 7.04. The van der Waals surface area contributed by atoms with Gasteiger partial charge in [0.2, 0.25) is 0 Å². The molecule has 1 rings (SSSR count). The molecule has 0 bridgehead atoms. The maximum atomic E-state index is 12.0. The zero-order chi connectivity index (χ0) is 17.5. The van der Waals surface area contributed by atoms with E-state index in [9.17, 15) is 9.59 Å². The van der Waals surface area contributed by atoms with Crippen molar-refractivity contribution in [1.82, 2.24) is 5.32 Å². The summed E-state index contributed by atoms with van der Waals surface area (Å²) in [5.41, 5.74) is 0.543. The Hall–Kier alpha value is -2.59. The van der Waals surface area contributed by atoms with Crippen molar-refractivity contribution in [2.24, 2.45) is 0 Å². The largest absolute Gasteiger partial charge is 0.467 e. The first-order valence-corrected chi connectivity index (χ1v) is 7.04. The standard InChI is InChI=1S/C16H21N3O4/c1-16(2,3)23-10-13(14(20)22-4)19-15(21)18-12-7-5-11(9-17)6-8-12/h5-8,13H,10H2,1-4H3,(H2,18,19,21). The van der Waals surface area contributed by atoms with Gasteiger partial charge in [0, 0.05) is 5.69 Å². The molecule has 1 atom stereocenters. The number of nitriles is 1. The van der Waals surface area contributed by atoms with Gasteiger partial charge in [-0.15, -0.1) is 0 Å². The topological polar surface area (TPSA) is 100 Å². The monoisotopic (exact) mass is 319 g/mol. The fourth-order valence-electron chi connectivity index (χ4n) is 1.60. The van der Waals surface area contributed by atoms with Gasteiger partial charge < -0.3 is 20.1 Å². The molecule has 0 heterocycles. The normalized spacial score (nSPS) is 12.0. The Bertz CT molecular complexity index is 585. The summed E-state index contributed by atoms with van der Waals surface area (Å²) in [6.07, 6.45) is 0. The molecular formula is C16H21N3O4. The van der Waals surface area contributed by atoms with Crippen molar-refractivity contribution in [2.75, 3.05) is 19.0 Å². The summed E-state index contributed by atoms with van der Waals surface area (Å²) in [5, 5.41) is 13.8. The number of carbonyl (C=O) groups excluding carboxylic acids is 2. The molecule has 124 valence electrons. The van der Waals surface area contributed by atoms with E-state index in [1.54, 1.807) is 24.3 Å². The maximum absolute atomic E-state index is 12.0. The minimum atomic E-state index is -0.919. The van der Waals surface area contributed by atoms with E-state index < -0.39 is 23.6 Å². The van der Waals surface area contributed by atoms with Crippen molar-refractivity contribution in [3.05, 3.63) is 29.8 Å². The molecule has 0 aromatic heterocycles. The smallest absolute Gasteiger partial charge is 0.330 e. The van der Waals surface area contributed by atoms with Crippen molar-refractivity contribution in [2.45, 2.75) is 32.4 Å². The molecule has 7 heteroatoms. The van der Waals surface area contributed by atoms with Crippen LogP contribution in [0.1, 0.15) is 26.3 Å². The van der Waals surface area contributed by atoms with Gasteiger partial charge in [-0.05, 0) is 45.0 Å². The van der Waals surface area contributed by atoms with Gasteiger partial charge in [0.15, 0.2) is 6.04 Å². The van der Waals surface area contributed by atoms with E-state index in [0.717, 1.165) is 0 Å². The van der Waals surface area contributed by atoms with E-state index in [4.69, 9.17) is 10.00 Å². The fourth-order valence-corrected chi connectivity index (χ4v) is 1.60. The molecule has 23 heavy (non-hydrogen) atoms. The van der Waals surface area contributed by atoms with E-state index in [1.165, 1.54) is 7.11 Å².